The van der Waals surface area contributed by atoms with Gasteiger partial charge >= 0.3 is 5.97 Å². The van der Waals surface area contributed by atoms with Gasteiger partial charge in [-0.3, -0.25) is 4.79 Å². The van der Waals surface area contributed by atoms with Gasteiger partial charge in [0.05, 0.1) is 22.2 Å². The number of rotatable bonds is 7. The van der Waals surface area contributed by atoms with Crippen molar-refractivity contribution in [3.63, 3.8) is 0 Å². The van der Waals surface area contributed by atoms with E-state index >= 15 is 0 Å². The predicted molar refractivity (Wildman–Crippen MR) is 117 cm³/mol. The van der Waals surface area contributed by atoms with Gasteiger partial charge in [-0.25, -0.2) is 14.2 Å². The molecule has 2 N–H and O–H groups in total. The van der Waals surface area contributed by atoms with E-state index in [-0.39, 0.29) is 28.9 Å². The van der Waals surface area contributed by atoms with Crippen LogP contribution in [0.1, 0.15) is 44.8 Å². The molecule has 8 heteroatoms. The number of carboxylic acids is 1. The van der Waals surface area contributed by atoms with E-state index in [4.69, 9.17) is 16.7 Å². The summed E-state index contributed by atoms with van der Waals surface area (Å²) in [6.07, 6.45) is 1.45. The SMILES string of the molecule is C[C@H](NC(=O)c1cc(Cl)cnc1N(C)Cc1cccc(F)c1)c1ccc(C(=O)O)cc1. The molecular weight excluding hydrogens is 421 g/mol. The van der Waals surface area contributed by atoms with Gasteiger partial charge in [0, 0.05) is 19.8 Å². The lowest BCUT2D eigenvalue weighted by atomic mass is 10.1. The number of hydrogen-bond acceptors (Lipinski definition) is 4. The quantitative estimate of drug-likeness (QED) is 0.555. The first-order valence-electron chi connectivity index (χ1n) is 9.50. The highest BCUT2D eigenvalue weighted by atomic mass is 35.5. The Morgan fingerprint density at radius 3 is 2.55 bits per heavy atom. The number of aromatic carboxylic acids is 1. The third-order valence-electron chi connectivity index (χ3n) is 4.75. The van der Waals surface area contributed by atoms with Crippen molar-refractivity contribution in [1.82, 2.24) is 10.3 Å². The highest BCUT2D eigenvalue weighted by molar-refractivity contribution is 6.31. The fourth-order valence-electron chi connectivity index (χ4n) is 3.16. The number of carbonyl (C=O) groups is 2. The van der Waals surface area contributed by atoms with Crippen molar-refractivity contribution in [2.24, 2.45) is 0 Å². The lowest BCUT2D eigenvalue weighted by Gasteiger charge is -2.22. The van der Waals surface area contributed by atoms with Crippen molar-refractivity contribution in [1.29, 1.82) is 0 Å². The monoisotopic (exact) mass is 441 g/mol. The molecular formula is C23H21ClFN3O3. The minimum atomic E-state index is -1.01. The summed E-state index contributed by atoms with van der Waals surface area (Å²) < 4.78 is 13.5. The van der Waals surface area contributed by atoms with Crippen LogP contribution in [0.5, 0.6) is 0 Å². The lowest BCUT2D eigenvalue weighted by molar-refractivity contribution is 0.0696. The summed E-state index contributed by atoms with van der Waals surface area (Å²) in [5.74, 6) is -1.33. The highest BCUT2D eigenvalue weighted by Crippen LogP contribution is 2.23. The van der Waals surface area contributed by atoms with E-state index in [0.717, 1.165) is 11.1 Å². The second-order valence-electron chi connectivity index (χ2n) is 7.13. The molecule has 2 aromatic carbocycles. The van der Waals surface area contributed by atoms with E-state index in [1.54, 1.807) is 43.1 Å². The molecule has 0 aliphatic rings. The molecule has 0 saturated carbocycles. The van der Waals surface area contributed by atoms with Crippen molar-refractivity contribution in [3.8, 4) is 0 Å². The van der Waals surface area contributed by atoms with Crippen LogP contribution in [0, 0.1) is 5.82 Å². The lowest BCUT2D eigenvalue weighted by Crippen LogP contribution is -2.29. The number of hydrogen-bond donors (Lipinski definition) is 2. The number of anilines is 1. The van der Waals surface area contributed by atoms with Gasteiger partial charge in [-0.15, -0.1) is 0 Å². The zero-order valence-electron chi connectivity index (χ0n) is 17.0. The summed E-state index contributed by atoms with van der Waals surface area (Å²) >= 11 is 6.08. The molecule has 1 amide bonds. The third-order valence-corrected chi connectivity index (χ3v) is 4.96. The van der Waals surface area contributed by atoms with E-state index in [2.05, 4.69) is 10.3 Å². The number of carbonyl (C=O) groups excluding carboxylic acids is 1. The third kappa shape index (κ3) is 5.58. The number of pyridine rings is 1. The molecule has 0 saturated heterocycles. The first kappa shape index (κ1) is 22.2. The molecule has 0 spiro atoms. The maximum absolute atomic E-state index is 13.5. The average molecular weight is 442 g/mol. The Hall–Kier alpha value is -3.45. The number of carboxylic acid groups (broad SMARTS) is 1. The predicted octanol–water partition coefficient (Wildman–Crippen LogP) is 4.70. The summed E-state index contributed by atoms with van der Waals surface area (Å²) in [5.41, 5.74) is 1.93. The van der Waals surface area contributed by atoms with Gasteiger partial charge in [0.15, 0.2) is 0 Å². The topological polar surface area (TPSA) is 82.5 Å². The minimum Gasteiger partial charge on any atom is -0.478 e. The second kappa shape index (κ2) is 9.57. The standard InChI is InChI=1S/C23H21ClFN3O3/c1-14(16-6-8-17(9-7-16)23(30)31)27-22(29)20-11-18(24)12-26-21(20)28(2)13-15-4-3-5-19(25)10-15/h3-12,14H,13H2,1-2H3,(H,27,29)(H,30,31)/t14-/m0/s1. The molecule has 1 aromatic heterocycles. The normalized spacial score (nSPS) is 11.6. The smallest absolute Gasteiger partial charge is 0.335 e. The molecule has 0 aliphatic carbocycles. The maximum atomic E-state index is 13.5. The molecule has 1 heterocycles. The van der Waals surface area contributed by atoms with E-state index in [9.17, 15) is 14.0 Å². The van der Waals surface area contributed by atoms with Gasteiger partial charge in [0.2, 0.25) is 0 Å². The van der Waals surface area contributed by atoms with Crippen LogP contribution in [-0.2, 0) is 6.54 Å². The van der Waals surface area contributed by atoms with Gasteiger partial charge in [-0.1, -0.05) is 35.9 Å². The molecule has 0 aliphatic heterocycles. The number of nitrogens with zero attached hydrogens (tertiary/aromatic N) is 2. The number of nitrogens with one attached hydrogen (secondary N) is 1. The van der Waals surface area contributed by atoms with Gasteiger partial charge in [0.1, 0.15) is 11.6 Å². The number of benzene rings is 2. The molecule has 0 bridgehead atoms. The fourth-order valence-corrected chi connectivity index (χ4v) is 3.32. The van der Waals surface area contributed by atoms with Crippen molar-refractivity contribution >= 4 is 29.3 Å². The van der Waals surface area contributed by atoms with Crippen LogP contribution >= 0.6 is 11.6 Å². The van der Waals surface area contributed by atoms with Crippen LogP contribution < -0.4 is 10.2 Å². The van der Waals surface area contributed by atoms with Gasteiger partial charge in [-0.2, -0.15) is 0 Å². The molecule has 160 valence electrons. The Labute approximate surface area is 184 Å². The summed E-state index contributed by atoms with van der Waals surface area (Å²) in [4.78, 5) is 30.1. The zero-order valence-corrected chi connectivity index (χ0v) is 17.7. The summed E-state index contributed by atoms with van der Waals surface area (Å²) in [7, 11) is 1.76. The molecule has 3 aromatic rings. The van der Waals surface area contributed by atoms with Crippen molar-refractivity contribution in [2.45, 2.75) is 19.5 Å². The van der Waals surface area contributed by atoms with Gasteiger partial charge in [-0.05, 0) is 48.4 Å². The van der Waals surface area contributed by atoms with Crippen LogP contribution in [0.25, 0.3) is 0 Å². The van der Waals surface area contributed by atoms with Gasteiger partial charge in [0.25, 0.3) is 5.91 Å². The van der Waals surface area contributed by atoms with E-state index in [1.807, 2.05) is 0 Å². The Balaban J connectivity index is 1.80. The molecule has 0 fully saturated rings. The van der Waals surface area contributed by atoms with Crippen LogP contribution in [-0.4, -0.2) is 29.0 Å². The second-order valence-corrected chi connectivity index (χ2v) is 7.57. The van der Waals surface area contributed by atoms with Crippen molar-refractivity contribution in [2.75, 3.05) is 11.9 Å². The average Bonchev–Trinajstić information content (AvgIpc) is 2.73. The maximum Gasteiger partial charge on any atom is 0.335 e. The summed E-state index contributed by atoms with van der Waals surface area (Å²) in [6, 6.07) is 13.6. The van der Waals surface area contributed by atoms with Gasteiger partial charge < -0.3 is 15.3 Å². The van der Waals surface area contributed by atoms with E-state index < -0.39 is 5.97 Å². The zero-order chi connectivity index (χ0) is 22.5. The highest BCUT2D eigenvalue weighted by Gasteiger charge is 2.19. The van der Waals surface area contributed by atoms with Crippen molar-refractivity contribution in [3.05, 3.63) is 93.9 Å². The first-order valence-corrected chi connectivity index (χ1v) is 9.87. The van der Waals surface area contributed by atoms with Crippen LogP contribution in [0.4, 0.5) is 10.2 Å². The summed E-state index contributed by atoms with van der Waals surface area (Å²) in [6.45, 7) is 2.14. The van der Waals surface area contributed by atoms with Crippen LogP contribution in [0.2, 0.25) is 5.02 Å². The Bertz CT molecular complexity index is 1110. The van der Waals surface area contributed by atoms with Crippen molar-refractivity contribution < 1.29 is 19.1 Å². The molecule has 6 nitrogen and oxygen atoms in total. The number of amides is 1. The van der Waals surface area contributed by atoms with E-state index in [1.165, 1.54) is 36.5 Å². The molecule has 0 radical (unpaired) electrons. The molecule has 1 atom stereocenters. The fraction of sp³-hybridized carbons (Fsp3) is 0.174. The molecule has 3 rings (SSSR count). The summed E-state index contributed by atoms with van der Waals surface area (Å²) in [5, 5.41) is 12.2. The molecule has 0 unspecified atom stereocenters. The van der Waals surface area contributed by atoms with Crippen LogP contribution in [0.3, 0.4) is 0 Å². The Morgan fingerprint density at radius 2 is 1.90 bits per heavy atom. The largest absolute Gasteiger partial charge is 0.478 e. The Kier molecular flexibility index (Phi) is 6.87. The first-order chi connectivity index (χ1) is 14.7. The minimum absolute atomic E-state index is 0.169. The number of halogens is 2. The Morgan fingerprint density at radius 1 is 1.19 bits per heavy atom. The molecule has 31 heavy (non-hydrogen) atoms. The van der Waals surface area contributed by atoms with E-state index in [0.29, 0.717) is 17.4 Å². The van der Waals surface area contributed by atoms with Crippen LogP contribution in [0.15, 0.2) is 60.8 Å². The number of aromatic nitrogens is 1.